The Morgan fingerprint density at radius 2 is 1.42 bits per heavy atom. The summed E-state index contributed by atoms with van der Waals surface area (Å²) < 4.78 is 0. The molecular weight excluding hydrogens is 392 g/mol. The van der Waals surface area contributed by atoms with Gasteiger partial charge in [-0.2, -0.15) is 0 Å². The van der Waals surface area contributed by atoms with Crippen LogP contribution in [0, 0.1) is 0 Å². The zero-order valence-corrected chi connectivity index (χ0v) is 18.3. The van der Waals surface area contributed by atoms with Crippen molar-refractivity contribution in [1.82, 2.24) is 9.80 Å². The van der Waals surface area contributed by atoms with Crippen molar-refractivity contribution in [3.05, 3.63) is 77.4 Å². The molecule has 0 aromatic heterocycles. The molecule has 0 unspecified atom stereocenters. The molecule has 6 nitrogen and oxygen atoms in total. The highest BCUT2D eigenvalue weighted by atomic mass is 16.4. The predicted molar refractivity (Wildman–Crippen MR) is 123 cm³/mol. The van der Waals surface area contributed by atoms with Gasteiger partial charge in [-0.3, -0.25) is 9.80 Å². The quantitative estimate of drug-likeness (QED) is 0.687. The highest BCUT2D eigenvalue weighted by Gasteiger charge is 2.15. The maximum absolute atomic E-state index is 9.10. The van der Waals surface area contributed by atoms with Gasteiger partial charge in [0, 0.05) is 39.3 Å². The largest absolute Gasteiger partial charge is 0.473 e. The fraction of sp³-hybridized carbons (Fsp3) is 0.360. The molecule has 0 saturated carbocycles. The zero-order chi connectivity index (χ0) is 22.6. The number of aliphatic carboxylic acids is 2. The lowest BCUT2D eigenvalue weighted by Crippen LogP contribution is -2.45. The third kappa shape index (κ3) is 9.15. The summed E-state index contributed by atoms with van der Waals surface area (Å²) >= 11 is 0. The third-order valence-electron chi connectivity index (χ3n) is 5.17. The van der Waals surface area contributed by atoms with Crippen LogP contribution in [0.15, 0.2) is 60.7 Å². The normalized spacial score (nSPS) is 14.9. The summed E-state index contributed by atoms with van der Waals surface area (Å²) in [7, 11) is 0. The molecule has 2 N–H and O–H groups in total. The number of carbonyl (C=O) groups is 2. The first-order valence-corrected chi connectivity index (χ1v) is 10.6. The van der Waals surface area contributed by atoms with E-state index in [9.17, 15) is 0 Å². The fourth-order valence-electron chi connectivity index (χ4n) is 3.30. The SMILES string of the molecule is CC(C)c1ccc(CN2CCN(CC=Cc3ccccc3)CC2)cc1.O=C(O)C(=O)O. The topological polar surface area (TPSA) is 81.1 Å². The lowest BCUT2D eigenvalue weighted by Gasteiger charge is -2.34. The Hall–Kier alpha value is -2.96. The second kappa shape index (κ2) is 12.7. The van der Waals surface area contributed by atoms with E-state index in [1.54, 1.807) is 0 Å². The molecule has 1 aliphatic rings. The Morgan fingerprint density at radius 1 is 0.871 bits per heavy atom. The van der Waals surface area contributed by atoms with E-state index in [1.807, 2.05) is 0 Å². The highest BCUT2D eigenvalue weighted by Crippen LogP contribution is 2.16. The van der Waals surface area contributed by atoms with Crippen LogP contribution < -0.4 is 0 Å². The predicted octanol–water partition coefficient (Wildman–Crippen LogP) is 3.80. The number of piperazine rings is 1. The van der Waals surface area contributed by atoms with Crippen LogP contribution in [-0.4, -0.2) is 64.7 Å². The summed E-state index contributed by atoms with van der Waals surface area (Å²) in [5.74, 6) is -3.04. The maximum atomic E-state index is 9.10. The first-order chi connectivity index (χ1) is 14.8. The van der Waals surface area contributed by atoms with Crippen LogP contribution >= 0.6 is 0 Å². The van der Waals surface area contributed by atoms with Gasteiger partial charge in [0.1, 0.15) is 0 Å². The second-order valence-corrected chi connectivity index (χ2v) is 7.90. The number of hydrogen-bond acceptors (Lipinski definition) is 4. The van der Waals surface area contributed by atoms with E-state index < -0.39 is 11.9 Å². The fourth-order valence-corrected chi connectivity index (χ4v) is 3.30. The molecule has 31 heavy (non-hydrogen) atoms. The number of carboxylic acids is 2. The van der Waals surface area contributed by atoms with E-state index in [0.717, 1.165) is 39.3 Å². The minimum absolute atomic E-state index is 0.613. The summed E-state index contributed by atoms with van der Waals surface area (Å²) in [5.41, 5.74) is 4.14. The minimum Gasteiger partial charge on any atom is -0.473 e. The van der Waals surface area contributed by atoms with Crippen molar-refractivity contribution in [2.24, 2.45) is 0 Å². The Balaban J connectivity index is 0.000000501. The molecule has 2 aromatic carbocycles. The summed E-state index contributed by atoms with van der Waals surface area (Å²) in [5, 5.41) is 14.8. The zero-order valence-electron chi connectivity index (χ0n) is 18.3. The third-order valence-corrected chi connectivity index (χ3v) is 5.17. The Kier molecular flexibility index (Phi) is 9.94. The summed E-state index contributed by atoms with van der Waals surface area (Å²) in [4.78, 5) is 23.3. The number of carboxylic acid groups (broad SMARTS) is 2. The van der Waals surface area contributed by atoms with Crippen molar-refractivity contribution in [2.75, 3.05) is 32.7 Å². The molecule has 0 spiro atoms. The molecule has 3 rings (SSSR count). The monoisotopic (exact) mass is 424 g/mol. The van der Waals surface area contributed by atoms with Gasteiger partial charge in [-0.25, -0.2) is 9.59 Å². The lowest BCUT2D eigenvalue weighted by atomic mass is 10.0. The molecule has 2 aromatic rings. The van der Waals surface area contributed by atoms with Gasteiger partial charge in [-0.15, -0.1) is 0 Å². The van der Waals surface area contributed by atoms with Crippen LogP contribution in [0.25, 0.3) is 6.08 Å². The molecule has 0 amide bonds. The van der Waals surface area contributed by atoms with Crippen LogP contribution in [-0.2, 0) is 16.1 Å². The van der Waals surface area contributed by atoms with Crippen LogP contribution in [0.1, 0.15) is 36.5 Å². The van der Waals surface area contributed by atoms with E-state index in [0.29, 0.717) is 5.92 Å². The van der Waals surface area contributed by atoms with E-state index in [1.165, 1.54) is 16.7 Å². The average molecular weight is 425 g/mol. The summed E-state index contributed by atoms with van der Waals surface area (Å²) in [6.07, 6.45) is 4.51. The lowest BCUT2D eigenvalue weighted by molar-refractivity contribution is -0.159. The van der Waals surface area contributed by atoms with Gasteiger partial charge in [0.2, 0.25) is 0 Å². The van der Waals surface area contributed by atoms with E-state index >= 15 is 0 Å². The standard InChI is InChI=1S/C23H30N2.C2H2O4/c1-20(2)23-12-10-22(11-13-23)19-25-17-15-24(16-18-25)14-6-9-21-7-4-3-5-8-21;3-1(4)2(5)6/h3-13,20H,14-19H2,1-2H3;(H,3,4)(H,5,6). The smallest absolute Gasteiger partial charge is 0.414 e. The van der Waals surface area contributed by atoms with E-state index in [-0.39, 0.29) is 0 Å². The van der Waals surface area contributed by atoms with Crippen LogP contribution in [0.5, 0.6) is 0 Å². The Bertz CT molecular complexity index is 828. The first kappa shape index (κ1) is 24.3. The van der Waals surface area contributed by atoms with Gasteiger partial charge in [0.25, 0.3) is 0 Å². The van der Waals surface area contributed by atoms with Gasteiger partial charge < -0.3 is 10.2 Å². The van der Waals surface area contributed by atoms with Crippen LogP contribution in [0.2, 0.25) is 0 Å². The molecule has 1 aliphatic heterocycles. The molecule has 1 fully saturated rings. The Morgan fingerprint density at radius 3 is 1.94 bits per heavy atom. The van der Waals surface area contributed by atoms with Crippen molar-refractivity contribution in [3.63, 3.8) is 0 Å². The van der Waals surface area contributed by atoms with Gasteiger partial charge in [-0.05, 0) is 22.6 Å². The molecule has 0 aliphatic carbocycles. The number of benzene rings is 2. The van der Waals surface area contributed by atoms with Crippen molar-refractivity contribution < 1.29 is 19.8 Å². The van der Waals surface area contributed by atoms with Crippen molar-refractivity contribution in [3.8, 4) is 0 Å². The molecule has 6 heteroatoms. The number of hydrogen-bond donors (Lipinski definition) is 2. The van der Waals surface area contributed by atoms with E-state index in [4.69, 9.17) is 19.8 Å². The van der Waals surface area contributed by atoms with Gasteiger partial charge in [0.05, 0.1) is 0 Å². The molecule has 0 atom stereocenters. The van der Waals surface area contributed by atoms with Crippen molar-refractivity contribution in [2.45, 2.75) is 26.3 Å². The summed E-state index contributed by atoms with van der Waals surface area (Å²) in [6, 6.07) is 19.7. The van der Waals surface area contributed by atoms with Crippen LogP contribution in [0.4, 0.5) is 0 Å². The highest BCUT2D eigenvalue weighted by molar-refractivity contribution is 6.27. The number of rotatable bonds is 6. The number of nitrogens with zero attached hydrogens (tertiary/aromatic N) is 2. The Labute approximate surface area is 184 Å². The van der Waals surface area contributed by atoms with E-state index in [2.05, 4.69) is 90.4 Å². The summed E-state index contributed by atoms with van der Waals surface area (Å²) in [6.45, 7) is 11.3. The molecule has 1 saturated heterocycles. The van der Waals surface area contributed by atoms with Crippen LogP contribution in [0.3, 0.4) is 0 Å². The van der Waals surface area contributed by atoms with Gasteiger partial charge >= 0.3 is 11.9 Å². The molecule has 1 heterocycles. The van der Waals surface area contributed by atoms with Gasteiger partial charge in [-0.1, -0.05) is 80.6 Å². The average Bonchev–Trinajstić information content (AvgIpc) is 2.76. The van der Waals surface area contributed by atoms with Crippen molar-refractivity contribution >= 4 is 18.0 Å². The minimum atomic E-state index is -1.82. The van der Waals surface area contributed by atoms with Gasteiger partial charge in [0.15, 0.2) is 0 Å². The maximum Gasteiger partial charge on any atom is 0.414 e. The molecule has 166 valence electrons. The molecule has 0 bridgehead atoms. The van der Waals surface area contributed by atoms with Crippen molar-refractivity contribution in [1.29, 1.82) is 0 Å². The first-order valence-electron chi connectivity index (χ1n) is 10.6. The molecular formula is C25H32N2O4. The molecule has 0 radical (unpaired) electrons. The second-order valence-electron chi connectivity index (χ2n) is 7.90.